The molecular weight excluding hydrogens is 496 g/mol. The van der Waals surface area contributed by atoms with Crippen LogP contribution in [0.5, 0.6) is 0 Å². The Hall–Kier alpha value is -2.51. The lowest BCUT2D eigenvalue weighted by atomic mass is 10.0. The van der Waals surface area contributed by atoms with Crippen LogP contribution in [0, 0.1) is 6.92 Å². The first-order valence-corrected chi connectivity index (χ1v) is 10.7. The lowest BCUT2D eigenvalue weighted by Crippen LogP contribution is -2.07. The van der Waals surface area contributed by atoms with Crippen molar-refractivity contribution in [2.45, 2.75) is 19.9 Å². The molecule has 7 heteroatoms. The molecule has 0 radical (unpaired) electrons. The minimum Gasteiger partial charge on any atom is -0.441 e. The quantitative estimate of drug-likeness (QED) is 0.318. The lowest BCUT2D eigenvalue weighted by Gasteiger charge is -2.13. The monoisotopic (exact) mass is 510 g/mol. The molecule has 2 aromatic heterocycles. The second-order valence-electron chi connectivity index (χ2n) is 6.91. The van der Waals surface area contributed by atoms with Crippen LogP contribution in [0.3, 0.4) is 0 Å². The summed E-state index contributed by atoms with van der Waals surface area (Å²) >= 11 is 7.32. The zero-order chi connectivity index (χ0) is 20.1. The molecule has 0 bridgehead atoms. The largest absolute Gasteiger partial charge is 0.441 e. The van der Waals surface area contributed by atoms with E-state index < -0.39 is 0 Å². The summed E-state index contributed by atoms with van der Waals surface area (Å²) in [6, 6.07) is 14.3. The van der Waals surface area contributed by atoms with Crippen LogP contribution in [0.4, 0.5) is 0 Å². The van der Waals surface area contributed by atoms with Gasteiger partial charge in [0, 0.05) is 20.1 Å². The highest BCUT2D eigenvalue weighted by Gasteiger charge is 2.28. The number of rotatable bonds is 2. The van der Waals surface area contributed by atoms with Gasteiger partial charge >= 0.3 is 0 Å². The molecule has 0 unspecified atom stereocenters. The van der Waals surface area contributed by atoms with Crippen molar-refractivity contribution in [1.82, 2.24) is 14.5 Å². The highest BCUT2D eigenvalue weighted by molar-refractivity contribution is 9.10. The van der Waals surface area contributed by atoms with E-state index in [4.69, 9.17) is 9.41 Å². The predicted molar refractivity (Wildman–Crippen MR) is 120 cm³/mol. The number of hydrogen-bond donors (Lipinski definition) is 0. The maximum Gasteiger partial charge on any atom is 0.181 e. The fourth-order valence-corrected chi connectivity index (χ4v) is 4.59. The summed E-state index contributed by atoms with van der Waals surface area (Å²) in [5.74, 6) is 0.684. The van der Waals surface area contributed by atoms with Gasteiger partial charge in [0.05, 0.1) is 28.8 Å². The van der Waals surface area contributed by atoms with Crippen molar-refractivity contribution in [2.24, 2.45) is 4.99 Å². The van der Waals surface area contributed by atoms with Crippen LogP contribution in [0.2, 0.25) is 0 Å². The van der Waals surface area contributed by atoms with Crippen molar-refractivity contribution in [3.63, 3.8) is 0 Å². The van der Waals surface area contributed by atoms with E-state index in [1.807, 2.05) is 37.5 Å². The summed E-state index contributed by atoms with van der Waals surface area (Å²) in [6.45, 7) is 4.01. The number of aliphatic imine (C=N–C) groups is 1. The molecule has 0 spiro atoms. The molecule has 0 amide bonds. The van der Waals surface area contributed by atoms with Gasteiger partial charge in [-0.2, -0.15) is 0 Å². The summed E-state index contributed by atoms with van der Waals surface area (Å²) in [5, 5.41) is 0. The number of benzene rings is 2. The number of aromatic nitrogens is 3. The van der Waals surface area contributed by atoms with Crippen molar-refractivity contribution in [1.29, 1.82) is 0 Å². The molecule has 2 aromatic carbocycles. The number of oxazole rings is 1. The van der Waals surface area contributed by atoms with E-state index >= 15 is 0 Å². The Kier molecular flexibility index (Phi) is 4.52. The van der Waals surface area contributed by atoms with Gasteiger partial charge in [-0.3, -0.25) is 9.56 Å². The van der Waals surface area contributed by atoms with E-state index in [0.29, 0.717) is 5.76 Å². The highest BCUT2D eigenvalue weighted by atomic mass is 79.9. The molecule has 1 aliphatic heterocycles. The standard InChI is InChI=1S/C22H16Br2N4O/c1-12-21-20(22-13(2)26-11-29-22)25-10-28(21)18-8-7-14(23)9-16(18)19(27-12)15-5-3-4-6-17(15)24/h3-12H,1-2H3/t12-/m0/s1. The van der Waals surface area contributed by atoms with Crippen molar-refractivity contribution in [2.75, 3.05) is 0 Å². The molecule has 3 heterocycles. The fourth-order valence-electron chi connectivity index (χ4n) is 3.75. The third-order valence-corrected chi connectivity index (χ3v) is 6.27. The Bertz CT molecular complexity index is 1270. The van der Waals surface area contributed by atoms with Crippen LogP contribution >= 0.6 is 31.9 Å². The number of aryl methyl sites for hydroxylation is 1. The Balaban J connectivity index is 1.82. The number of nitrogens with zero attached hydrogens (tertiary/aromatic N) is 4. The molecular formula is C22H16Br2N4O. The average Bonchev–Trinajstić information content (AvgIpc) is 3.30. The Morgan fingerprint density at radius 1 is 1.03 bits per heavy atom. The Morgan fingerprint density at radius 3 is 2.62 bits per heavy atom. The van der Waals surface area contributed by atoms with Gasteiger partial charge in [-0.05, 0) is 38.1 Å². The first-order chi connectivity index (χ1) is 14.0. The van der Waals surface area contributed by atoms with Crippen molar-refractivity contribution < 1.29 is 4.42 Å². The molecule has 1 atom stereocenters. The van der Waals surface area contributed by atoms with Crippen molar-refractivity contribution in [3.05, 3.63) is 86.6 Å². The van der Waals surface area contributed by atoms with Gasteiger partial charge in [-0.25, -0.2) is 9.97 Å². The SMILES string of the molecule is Cc1ncoc1-c1ncn2c1[C@H](C)N=C(c1ccccc1Br)c1cc(Br)ccc1-2. The van der Waals surface area contributed by atoms with Gasteiger partial charge in [0.15, 0.2) is 12.2 Å². The smallest absolute Gasteiger partial charge is 0.181 e. The van der Waals surface area contributed by atoms with Gasteiger partial charge in [0.25, 0.3) is 0 Å². The molecule has 0 fully saturated rings. The third-order valence-electron chi connectivity index (χ3n) is 5.09. The topological polar surface area (TPSA) is 56.2 Å². The van der Waals surface area contributed by atoms with Gasteiger partial charge in [0.2, 0.25) is 0 Å². The molecule has 4 aromatic rings. The van der Waals surface area contributed by atoms with Crippen LogP contribution in [0.15, 0.2) is 73.5 Å². The number of imidazole rings is 1. The number of fused-ring (bicyclic) bond motifs is 3. The molecule has 144 valence electrons. The molecule has 0 saturated heterocycles. The van der Waals surface area contributed by atoms with Crippen LogP contribution in [0.1, 0.15) is 35.5 Å². The zero-order valence-corrected chi connectivity index (χ0v) is 18.9. The van der Waals surface area contributed by atoms with Crippen molar-refractivity contribution >= 4 is 37.6 Å². The third kappa shape index (κ3) is 3.00. The summed E-state index contributed by atoms with van der Waals surface area (Å²) in [7, 11) is 0. The van der Waals surface area contributed by atoms with E-state index in [9.17, 15) is 0 Å². The predicted octanol–water partition coefficient (Wildman–Crippen LogP) is 6.27. The second kappa shape index (κ2) is 7.07. The minimum absolute atomic E-state index is 0.134. The van der Waals surface area contributed by atoms with Crippen LogP contribution in [-0.4, -0.2) is 20.2 Å². The average molecular weight is 512 g/mol. The Morgan fingerprint density at radius 2 is 1.86 bits per heavy atom. The summed E-state index contributed by atoms with van der Waals surface area (Å²) in [4.78, 5) is 14.1. The molecule has 5 nitrogen and oxygen atoms in total. The first kappa shape index (κ1) is 18.5. The van der Waals surface area contributed by atoms with E-state index in [1.165, 1.54) is 6.39 Å². The van der Waals surface area contributed by atoms with Gasteiger partial charge in [-0.15, -0.1) is 0 Å². The van der Waals surface area contributed by atoms with Gasteiger partial charge < -0.3 is 4.42 Å². The van der Waals surface area contributed by atoms with E-state index in [0.717, 1.165) is 48.6 Å². The summed E-state index contributed by atoms with van der Waals surface area (Å²) in [6.07, 6.45) is 3.30. The van der Waals surface area contributed by atoms with Crippen molar-refractivity contribution in [3.8, 4) is 17.1 Å². The van der Waals surface area contributed by atoms with E-state index in [-0.39, 0.29) is 6.04 Å². The second-order valence-corrected chi connectivity index (χ2v) is 8.68. The molecule has 1 aliphatic rings. The van der Waals surface area contributed by atoms with Gasteiger partial charge in [-0.1, -0.05) is 50.1 Å². The zero-order valence-electron chi connectivity index (χ0n) is 15.7. The molecule has 0 saturated carbocycles. The normalized spacial score (nSPS) is 15.4. The maximum atomic E-state index is 5.65. The van der Waals surface area contributed by atoms with Crippen LogP contribution < -0.4 is 0 Å². The summed E-state index contributed by atoms with van der Waals surface area (Å²) < 4.78 is 9.77. The highest BCUT2D eigenvalue weighted by Crippen LogP contribution is 2.38. The van der Waals surface area contributed by atoms with Gasteiger partial charge in [0.1, 0.15) is 12.0 Å². The van der Waals surface area contributed by atoms with E-state index in [2.05, 4.69) is 71.5 Å². The number of halogens is 2. The molecule has 29 heavy (non-hydrogen) atoms. The molecule has 5 rings (SSSR count). The number of hydrogen-bond acceptors (Lipinski definition) is 4. The summed E-state index contributed by atoms with van der Waals surface area (Å²) in [5.41, 5.74) is 6.62. The van der Waals surface area contributed by atoms with Crippen LogP contribution in [-0.2, 0) is 0 Å². The fraction of sp³-hybridized carbons (Fsp3) is 0.136. The minimum atomic E-state index is -0.134. The van der Waals surface area contributed by atoms with E-state index in [1.54, 1.807) is 0 Å². The van der Waals surface area contributed by atoms with Crippen LogP contribution in [0.25, 0.3) is 17.1 Å². The Labute approximate surface area is 184 Å². The maximum absolute atomic E-state index is 5.65. The lowest BCUT2D eigenvalue weighted by molar-refractivity contribution is 0.567. The molecule has 0 N–H and O–H groups in total. The molecule has 0 aliphatic carbocycles. The first-order valence-electron chi connectivity index (χ1n) is 9.15.